The maximum absolute atomic E-state index is 8.26. The first kappa shape index (κ1) is 86.1. The van der Waals surface area contributed by atoms with Crippen LogP contribution in [0.15, 0.2) is 296 Å². The Morgan fingerprint density at radius 2 is 0.882 bits per heavy atom. The van der Waals surface area contributed by atoms with Gasteiger partial charge < -0.3 is 15.5 Å². The molecule has 0 aromatic heterocycles. The number of benzene rings is 12. The summed E-state index contributed by atoms with van der Waals surface area (Å²) in [5.41, 5.74) is 25.3. The lowest BCUT2D eigenvalue weighted by atomic mass is 10.1. The molecule has 0 heterocycles. The monoisotopic (exact) mass is 1400 g/mol. The number of thiocyanates is 2. The summed E-state index contributed by atoms with van der Waals surface area (Å²) in [4.78, 5) is 11.5. The van der Waals surface area contributed by atoms with Gasteiger partial charge in [0, 0.05) is 44.4 Å². The smallest absolute Gasteiger partial charge is 0.187 e. The van der Waals surface area contributed by atoms with Gasteiger partial charge in [-0.2, -0.15) is 15.5 Å². The highest BCUT2D eigenvalue weighted by Gasteiger charge is 1.97. The van der Waals surface area contributed by atoms with Gasteiger partial charge >= 0.3 is 0 Å². The molecule has 7 nitrogen and oxygen atoms in total. The fraction of sp³-hybridized carbons (Fsp3) is 0.217. The Labute approximate surface area is 626 Å². The van der Waals surface area contributed by atoms with Gasteiger partial charge in [0.15, 0.2) is 5.69 Å². The number of hydrogen-bond acceptors (Lipinski definition) is 9. The number of fused-ring (bicyclic) bond motifs is 2. The van der Waals surface area contributed by atoms with Crippen LogP contribution in [0.25, 0.3) is 26.4 Å². The Morgan fingerprint density at radius 1 is 0.431 bits per heavy atom. The van der Waals surface area contributed by atoms with Gasteiger partial charge in [0.05, 0.1) is 17.4 Å². The van der Waals surface area contributed by atoms with Crippen LogP contribution in [0.1, 0.15) is 86.2 Å². The van der Waals surface area contributed by atoms with Crippen molar-refractivity contribution in [2.24, 2.45) is 10.7 Å². The Hall–Kier alpha value is -10.2. The molecular weight excluding hydrogens is 1300 g/mol. The second kappa shape index (κ2) is 52.8. The van der Waals surface area contributed by atoms with Gasteiger partial charge in [-0.25, -0.2) is 4.85 Å². The highest BCUT2D eigenvalue weighted by Crippen LogP contribution is 2.21. The number of rotatable bonds is 12. The topological polar surface area (TPSA) is 96.8 Å². The highest BCUT2D eigenvalue weighted by atomic mass is 32.2. The molecular formula is C92H103N7S3. The number of thioether (sulfide) groups is 2. The number of anilines is 1. The summed E-state index contributed by atoms with van der Waals surface area (Å²) in [5, 5.41) is 28.0. The van der Waals surface area contributed by atoms with E-state index in [1.54, 1.807) is 0 Å². The minimum atomic E-state index is 0.639. The molecule has 102 heavy (non-hydrogen) atoms. The van der Waals surface area contributed by atoms with Crippen LogP contribution in [-0.4, -0.2) is 44.0 Å². The van der Waals surface area contributed by atoms with E-state index in [0.29, 0.717) is 12.2 Å². The molecule has 0 aliphatic carbocycles. The maximum Gasteiger partial charge on any atom is 0.187 e. The summed E-state index contributed by atoms with van der Waals surface area (Å²) in [6.07, 6.45) is 3.26. The normalized spacial score (nSPS) is 9.49. The van der Waals surface area contributed by atoms with E-state index < -0.39 is 0 Å². The molecule has 0 radical (unpaired) electrons. The predicted octanol–water partition coefficient (Wildman–Crippen LogP) is 24.8. The van der Waals surface area contributed by atoms with Gasteiger partial charge in [-0.3, -0.25) is 0 Å². The maximum atomic E-state index is 8.26. The number of isothiocyanates is 1. The first-order valence-corrected chi connectivity index (χ1v) is 36.6. The van der Waals surface area contributed by atoms with Crippen LogP contribution in [0.3, 0.4) is 0 Å². The van der Waals surface area contributed by atoms with E-state index in [-0.39, 0.29) is 0 Å². The van der Waals surface area contributed by atoms with Crippen molar-refractivity contribution in [2.45, 2.75) is 100 Å². The summed E-state index contributed by atoms with van der Waals surface area (Å²) in [5.74, 6) is 1.68. The number of hydrogen-bond donors (Lipinski definition) is 1. The van der Waals surface area contributed by atoms with Gasteiger partial charge in [0.1, 0.15) is 10.8 Å². The summed E-state index contributed by atoms with van der Waals surface area (Å²) < 4.78 is 0. The van der Waals surface area contributed by atoms with E-state index in [1.807, 2.05) is 130 Å². The van der Waals surface area contributed by atoms with Crippen molar-refractivity contribution < 1.29 is 0 Å². The molecule has 0 saturated carbocycles. The molecule has 12 aromatic carbocycles. The van der Waals surface area contributed by atoms with Crippen molar-refractivity contribution in [1.82, 2.24) is 4.90 Å². The molecule has 10 heteroatoms. The number of nitriles is 2. The third-order valence-electron chi connectivity index (χ3n) is 15.2. The zero-order valence-electron chi connectivity index (χ0n) is 62.1. The highest BCUT2D eigenvalue weighted by molar-refractivity contribution is 8.03. The largest absolute Gasteiger partial charge is 0.378 e. The standard InChI is InChI=1S/C11H7NS.C11H10.C10H15N.C9H9NS.C9H13N.2C9H12.C8H7NS.C8H7N.C8H11N/c13-8-12-11-6-5-9-3-1-2-4-10(9)7-11;1-9-5-4-7-10-6-2-3-8-11(9)10;1-9-4-6-10(7-5-9)8-11(2)3;10-8-11-7-6-9-4-2-1-3-5-9;1-8-4-6-9(7-5-8)10(2)3;1-3-9-6-4-8(2)5-7-9;1-3-9-6-4-5-8(2)7-9;9-7-10-6-8-4-2-1-3-5-8;1-7-3-5-8(9-2)6-4-7;1-7-2-4-8(6-9)5-3-7/h1-7H;2-8H,1H3;4-7H,8H2,1-3H3;1-5H,6-7H2;4-7H,1-3H3;2*4-7H,3H2,1-2H3;1-5H,6H2;3-6H,1H3;2-5H,6,9H2,1H3. The van der Waals surface area contributed by atoms with E-state index in [0.717, 1.165) is 43.0 Å². The van der Waals surface area contributed by atoms with Gasteiger partial charge in [0.2, 0.25) is 0 Å². The van der Waals surface area contributed by atoms with Crippen LogP contribution >= 0.6 is 35.7 Å². The van der Waals surface area contributed by atoms with E-state index in [4.69, 9.17) is 22.8 Å². The van der Waals surface area contributed by atoms with Crippen molar-refractivity contribution >= 4 is 79.5 Å². The first-order valence-electron chi connectivity index (χ1n) is 34.2. The van der Waals surface area contributed by atoms with Gasteiger partial charge in [-0.1, -0.05) is 314 Å². The minimum absolute atomic E-state index is 0.639. The van der Waals surface area contributed by atoms with Crippen molar-refractivity contribution in [2.75, 3.05) is 38.8 Å². The fourth-order valence-electron chi connectivity index (χ4n) is 9.24. The van der Waals surface area contributed by atoms with Gasteiger partial charge in [-0.15, -0.1) is 0 Å². The molecule has 524 valence electrons. The lowest BCUT2D eigenvalue weighted by molar-refractivity contribution is 0.402. The van der Waals surface area contributed by atoms with Crippen LogP contribution in [0.5, 0.6) is 0 Å². The fourth-order valence-corrected chi connectivity index (χ4v) is 10.2. The Bertz CT molecular complexity index is 4330. The second-order valence-corrected chi connectivity index (χ2v) is 26.2. The number of nitrogens with zero attached hydrogens (tertiary/aromatic N) is 6. The Morgan fingerprint density at radius 3 is 1.35 bits per heavy atom. The van der Waals surface area contributed by atoms with Crippen molar-refractivity contribution in [3.05, 3.63) is 375 Å². The summed E-state index contributed by atoms with van der Waals surface area (Å²) >= 11 is 7.12. The van der Waals surface area contributed by atoms with Crippen LogP contribution in [0.4, 0.5) is 17.1 Å². The van der Waals surface area contributed by atoms with Crippen molar-refractivity contribution in [1.29, 1.82) is 10.5 Å². The van der Waals surface area contributed by atoms with Crippen LogP contribution in [0, 0.1) is 76.4 Å². The van der Waals surface area contributed by atoms with Gasteiger partial charge in [-0.05, 0) is 202 Å². The average molecular weight is 1400 g/mol. The van der Waals surface area contributed by atoms with E-state index >= 15 is 0 Å². The van der Waals surface area contributed by atoms with Crippen LogP contribution in [0.2, 0.25) is 0 Å². The molecule has 2 N–H and O–H groups in total. The Balaban J connectivity index is 0.000000295. The molecule has 12 rings (SSSR count). The van der Waals surface area contributed by atoms with Crippen molar-refractivity contribution in [3.8, 4) is 10.8 Å². The lowest BCUT2D eigenvalue weighted by Crippen LogP contribution is -2.10. The van der Waals surface area contributed by atoms with E-state index in [9.17, 15) is 0 Å². The zero-order chi connectivity index (χ0) is 74.5. The molecule has 0 amide bonds. The number of aryl methyl sites for hydroxylation is 10. The number of thiocarbonyl (C=S) groups is 1. The molecule has 0 aliphatic rings. The summed E-state index contributed by atoms with van der Waals surface area (Å²) in [7, 11) is 8.26. The Kier molecular flexibility index (Phi) is 44.6. The second-order valence-electron chi connectivity index (χ2n) is 24.3. The SMILES string of the molecule is CCc1ccc(C)cc1.CCc1cccc(C)c1.Cc1ccc(CN(C)C)cc1.Cc1ccc(CN)cc1.Cc1ccc(N(C)C)cc1.Cc1cccc2ccccc12.N#CSCCc1ccccc1.N#CSCc1ccccc1.S=C=Nc1ccc2ccccc2c1.[C-]#[N+]c1ccc(C)cc1. The minimum Gasteiger partial charge on any atom is -0.378 e. The number of nitrogens with two attached hydrogens (primary N) is 1. The van der Waals surface area contributed by atoms with Crippen molar-refractivity contribution in [3.63, 3.8) is 0 Å². The van der Waals surface area contributed by atoms with Crippen LogP contribution < -0.4 is 10.6 Å². The van der Waals surface area contributed by atoms with E-state index in [2.05, 4.69) is 300 Å². The molecule has 0 unspecified atom stereocenters. The number of aliphatic imine (C=N–C) groups is 1. The molecule has 0 atom stereocenters. The van der Waals surface area contributed by atoms with Gasteiger partial charge in [0.25, 0.3) is 0 Å². The summed E-state index contributed by atoms with van der Waals surface area (Å²) in [6, 6.07) is 99.3. The predicted molar refractivity (Wildman–Crippen MR) is 451 cm³/mol. The quantitative estimate of drug-likeness (QED) is 0.0425. The molecule has 0 aliphatic heterocycles. The molecule has 0 saturated heterocycles. The zero-order valence-corrected chi connectivity index (χ0v) is 64.6. The third kappa shape index (κ3) is 39.0. The third-order valence-corrected chi connectivity index (χ3v) is 16.4. The molecule has 0 bridgehead atoms. The lowest BCUT2D eigenvalue weighted by Gasteiger charge is -2.11. The van der Waals surface area contributed by atoms with Crippen LogP contribution in [-0.2, 0) is 38.1 Å². The molecule has 0 spiro atoms. The molecule has 12 aromatic rings. The first-order chi connectivity index (χ1) is 49.3. The molecule has 0 fully saturated rings. The van der Waals surface area contributed by atoms with E-state index in [1.165, 1.54) is 123 Å². The summed E-state index contributed by atoms with van der Waals surface area (Å²) in [6.45, 7) is 27.3. The average Bonchev–Trinajstić information content (AvgIpc) is 0.854.